The van der Waals surface area contributed by atoms with Crippen molar-refractivity contribution in [3.8, 4) is 6.07 Å². The van der Waals surface area contributed by atoms with Crippen LogP contribution in [0.2, 0.25) is 0 Å². The Balaban J connectivity index is 4.17. The zero-order chi connectivity index (χ0) is 9.02. The topological polar surface area (TPSA) is 23.8 Å². The maximum absolute atomic E-state index is 8.76. The zero-order valence-electron chi connectivity index (χ0n) is 7.56. The van der Waals surface area contributed by atoms with Gasteiger partial charge in [-0.3, -0.25) is 0 Å². The summed E-state index contributed by atoms with van der Waals surface area (Å²) in [6.45, 7) is 8.04. The van der Waals surface area contributed by atoms with E-state index in [0.717, 1.165) is 5.38 Å². The summed E-state index contributed by atoms with van der Waals surface area (Å²) in [6, 6.07) is 2.21. The van der Waals surface area contributed by atoms with Gasteiger partial charge in [-0.25, -0.2) is 0 Å². The predicted molar refractivity (Wildman–Crippen MR) is 47.9 cm³/mol. The lowest BCUT2D eigenvalue weighted by Gasteiger charge is -2.20. The molecule has 0 spiro atoms. The monoisotopic (exact) mass is 172 g/mol. The van der Waals surface area contributed by atoms with Gasteiger partial charge < -0.3 is 0 Å². The Morgan fingerprint density at radius 1 is 1.27 bits per heavy atom. The van der Waals surface area contributed by atoms with Crippen molar-refractivity contribution in [1.29, 1.82) is 5.26 Å². The number of hydrogen-bond donors (Lipinski definition) is 0. The van der Waals surface area contributed by atoms with Crippen LogP contribution in [-0.4, -0.2) is 0 Å². The summed E-state index contributed by atoms with van der Waals surface area (Å²) in [5.41, 5.74) is 0. The summed E-state index contributed by atoms with van der Waals surface area (Å²) >= 11 is 5.97. The molecule has 0 fully saturated rings. The van der Waals surface area contributed by atoms with Gasteiger partial charge >= 0.3 is 0 Å². The molecular weight excluding hydrogens is 158 g/mol. The van der Waals surface area contributed by atoms with Crippen LogP contribution in [0.1, 0.15) is 27.7 Å². The third-order valence-electron chi connectivity index (χ3n) is 1.65. The summed E-state index contributed by atoms with van der Waals surface area (Å²) in [5, 5.41) is 9.54. The number of rotatable bonds is 3. The molecule has 1 nitrogen and oxygen atoms in total. The van der Waals surface area contributed by atoms with Crippen molar-refractivity contribution in [2.24, 2.45) is 17.8 Å². The molecule has 0 rings (SSSR count). The molecule has 1 atom stereocenters. The summed E-state index contributed by atoms with van der Waals surface area (Å²) in [5.74, 6) is 0.510. The lowest BCUT2D eigenvalue weighted by Crippen LogP contribution is -2.16. The molecular formula is C9H15ClN. The van der Waals surface area contributed by atoms with Gasteiger partial charge in [0, 0.05) is 0 Å². The second kappa shape index (κ2) is 4.62. The Kier molecular flexibility index (Phi) is 4.52. The minimum absolute atomic E-state index is 0.100. The van der Waals surface area contributed by atoms with Crippen molar-refractivity contribution in [2.45, 2.75) is 27.7 Å². The van der Waals surface area contributed by atoms with Crippen LogP contribution in [0.4, 0.5) is 0 Å². The number of hydrogen-bond acceptors (Lipinski definition) is 1. The predicted octanol–water partition coefficient (Wildman–Crippen LogP) is 3.21. The second-order valence-electron chi connectivity index (χ2n) is 3.39. The molecule has 1 unspecified atom stereocenters. The summed E-state index contributed by atoms with van der Waals surface area (Å²) in [6.07, 6.45) is 0. The van der Waals surface area contributed by atoms with Crippen LogP contribution in [0, 0.1) is 34.5 Å². The summed E-state index contributed by atoms with van der Waals surface area (Å²) in [7, 11) is 0. The van der Waals surface area contributed by atoms with Crippen molar-refractivity contribution in [3.05, 3.63) is 5.38 Å². The van der Waals surface area contributed by atoms with Gasteiger partial charge in [0.25, 0.3) is 0 Å². The molecule has 0 aromatic heterocycles. The molecule has 63 valence electrons. The molecule has 0 saturated heterocycles. The smallest absolute Gasteiger partial charge is 0.0835 e. The van der Waals surface area contributed by atoms with Gasteiger partial charge in [-0.05, 0) is 11.8 Å². The van der Waals surface area contributed by atoms with Gasteiger partial charge in [0.05, 0.1) is 17.4 Å². The highest BCUT2D eigenvalue weighted by molar-refractivity contribution is 6.27. The highest BCUT2D eigenvalue weighted by Gasteiger charge is 2.25. The third kappa shape index (κ3) is 3.12. The first-order valence-corrected chi connectivity index (χ1v) is 4.30. The average molecular weight is 173 g/mol. The highest BCUT2D eigenvalue weighted by atomic mass is 35.5. The molecule has 0 saturated carbocycles. The first-order valence-electron chi connectivity index (χ1n) is 3.92. The molecule has 0 heterocycles. The molecule has 0 aliphatic carbocycles. The van der Waals surface area contributed by atoms with E-state index in [1.807, 2.05) is 27.7 Å². The number of nitrogens with zero attached hydrogens (tertiary/aromatic N) is 1. The molecule has 0 aliphatic rings. The van der Waals surface area contributed by atoms with Crippen LogP contribution in [0.15, 0.2) is 0 Å². The van der Waals surface area contributed by atoms with Crippen molar-refractivity contribution < 1.29 is 0 Å². The van der Waals surface area contributed by atoms with E-state index in [0.29, 0.717) is 11.8 Å². The molecule has 0 bridgehead atoms. The van der Waals surface area contributed by atoms with Gasteiger partial charge in [-0.1, -0.05) is 27.7 Å². The van der Waals surface area contributed by atoms with Crippen molar-refractivity contribution >= 4 is 11.6 Å². The lowest BCUT2D eigenvalue weighted by molar-refractivity contribution is 0.467. The van der Waals surface area contributed by atoms with Crippen molar-refractivity contribution in [2.75, 3.05) is 0 Å². The van der Waals surface area contributed by atoms with Crippen molar-refractivity contribution in [3.63, 3.8) is 0 Å². The third-order valence-corrected chi connectivity index (χ3v) is 2.33. The minimum Gasteiger partial charge on any atom is -0.198 e. The Morgan fingerprint density at radius 3 is 1.82 bits per heavy atom. The number of halogens is 1. The second-order valence-corrected chi connectivity index (χ2v) is 3.83. The molecule has 1 radical (unpaired) electrons. The Hall–Kier alpha value is -0.220. The highest BCUT2D eigenvalue weighted by Crippen LogP contribution is 2.31. The lowest BCUT2D eigenvalue weighted by atomic mass is 9.88. The summed E-state index contributed by atoms with van der Waals surface area (Å²) in [4.78, 5) is 0. The van der Waals surface area contributed by atoms with Crippen molar-refractivity contribution in [1.82, 2.24) is 0 Å². The first kappa shape index (κ1) is 10.8. The quantitative estimate of drug-likeness (QED) is 0.642. The van der Waals surface area contributed by atoms with E-state index in [1.54, 1.807) is 0 Å². The molecule has 2 heteroatoms. The fourth-order valence-corrected chi connectivity index (χ4v) is 1.19. The van der Waals surface area contributed by atoms with Gasteiger partial charge in [0.2, 0.25) is 0 Å². The Morgan fingerprint density at radius 2 is 1.73 bits per heavy atom. The Bertz CT molecular complexity index is 146. The standard InChI is InChI=1S/C9H15ClN/c1-6(2)8(5-11)9(10)7(3)4/h6-8H,1-4H3. The largest absolute Gasteiger partial charge is 0.198 e. The molecule has 0 aromatic carbocycles. The van der Waals surface area contributed by atoms with E-state index >= 15 is 0 Å². The van der Waals surface area contributed by atoms with E-state index in [-0.39, 0.29) is 5.92 Å². The molecule has 11 heavy (non-hydrogen) atoms. The van der Waals surface area contributed by atoms with Gasteiger partial charge in [-0.15, -0.1) is 11.6 Å². The minimum atomic E-state index is -0.100. The van der Waals surface area contributed by atoms with Crippen LogP contribution in [-0.2, 0) is 0 Å². The van der Waals surface area contributed by atoms with E-state index in [2.05, 4.69) is 6.07 Å². The molecule has 0 aliphatic heterocycles. The fourth-order valence-electron chi connectivity index (χ4n) is 0.888. The van der Waals surface area contributed by atoms with Crippen LogP contribution in [0.25, 0.3) is 0 Å². The molecule has 0 amide bonds. The van der Waals surface area contributed by atoms with Crippen LogP contribution < -0.4 is 0 Å². The van der Waals surface area contributed by atoms with Crippen LogP contribution in [0.3, 0.4) is 0 Å². The summed E-state index contributed by atoms with van der Waals surface area (Å²) < 4.78 is 0. The van der Waals surface area contributed by atoms with E-state index in [1.165, 1.54) is 0 Å². The normalized spacial score (nSPS) is 14.1. The van der Waals surface area contributed by atoms with Gasteiger partial charge in [0.15, 0.2) is 0 Å². The van der Waals surface area contributed by atoms with Gasteiger partial charge in [-0.2, -0.15) is 5.26 Å². The molecule has 0 aromatic rings. The van der Waals surface area contributed by atoms with Gasteiger partial charge in [0.1, 0.15) is 0 Å². The average Bonchev–Trinajstić information content (AvgIpc) is 1.88. The fraction of sp³-hybridized carbons (Fsp3) is 0.778. The van der Waals surface area contributed by atoms with Crippen LogP contribution >= 0.6 is 11.6 Å². The van der Waals surface area contributed by atoms with Crippen LogP contribution in [0.5, 0.6) is 0 Å². The van der Waals surface area contributed by atoms with E-state index in [9.17, 15) is 0 Å². The Labute approximate surface area is 74.4 Å². The molecule has 0 N–H and O–H groups in total. The maximum Gasteiger partial charge on any atom is 0.0835 e. The zero-order valence-corrected chi connectivity index (χ0v) is 8.31. The van der Waals surface area contributed by atoms with E-state index < -0.39 is 0 Å². The van der Waals surface area contributed by atoms with E-state index in [4.69, 9.17) is 16.9 Å². The first-order chi connectivity index (χ1) is 5.00. The number of nitriles is 1. The maximum atomic E-state index is 8.76. The SMILES string of the molecule is CC(C)[C](Cl)C(C#N)C(C)C.